The average Bonchev–Trinajstić information content (AvgIpc) is 2.80. The largest absolute Gasteiger partial charge is 0.505 e. The van der Waals surface area contributed by atoms with Crippen LogP contribution in [0.3, 0.4) is 0 Å². The molecule has 1 N–H and O–H groups in total. The molecule has 0 unspecified atom stereocenters. The highest BCUT2D eigenvalue weighted by atomic mass is 19.1. The molecular weight excluding hydrogens is 227 g/mol. The third kappa shape index (κ3) is 1.99. The fraction of sp³-hybridized carbons (Fsp3) is 0.0833. The van der Waals surface area contributed by atoms with Gasteiger partial charge in [-0.1, -0.05) is 0 Å². The Labute approximate surface area is 96.2 Å². The predicted molar refractivity (Wildman–Crippen MR) is 57.7 cm³/mol. The maximum Gasteiger partial charge on any atom is 0.185 e. The van der Waals surface area contributed by atoms with Crippen molar-refractivity contribution in [3.63, 3.8) is 0 Å². The highest BCUT2D eigenvalue weighted by Crippen LogP contribution is 2.35. The van der Waals surface area contributed by atoms with Crippen molar-refractivity contribution < 1.29 is 23.4 Å². The summed E-state index contributed by atoms with van der Waals surface area (Å²) in [5.74, 6) is -0.616. The number of hydrogen-bond donors (Lipinski definition) is 1. The number of rotatable bonds is 3. The summed E-state index contributed by atoms with van der Waals surface area (Å²) in [6.45, 7) is 0. The molecule has 0 spiro atoms. The average molecular weight is 236 g/mol. The van der Waals surface area contributed by atoms with E-state index in [1.807, 2.05) is 0 Å². The van der Waals surface area contributed by atoms with E-state index < -0.39 is 11.6 Å². The number of furan rings is 1. The molecule has 17 heavy (non-hydrogen) atoms. The van der Waals surface area contributed by atoms with Crippen LogP contribution >= 0.6 is 0 Å². The summed E-state index contributed by atoms with van der Waals surface area (Å²) in [5, 5.41) is 9.30. The molecule has 4 nitrogen and oxygen atoms in total. The quantitative estimate of drug-likeness (QED) is 0.832. The van der Waals surface area contributed by atoms with Crippen LogP contribution in [0.2, 0.25) is 0 Å². The van der Waals surface area contributed by atoms with E-state index in [1.54, 1.807) is 6.07 Å². The van der Waals surface area contributed by atoms with E-state index in [2.05, 4.69) is 0 Å². The Balaban J connectivity index is 2.57. The van der Waals surface area contributed by atoms with Crippen LogP contribution in [0.4, 0.5) is 4.39 Å². The van der Waals surface area contributed by atoms with Gasteiger partial charge in [0.15, 0.2) is 23.6 Å². The standard InChI is InChI=1S/C12H9FO4/c1-16-12-5-9(13)10(15)4-8(12)11-3-2-7(6-14)17-11/h2-6,15H,1H3. The Bertz CT molecular complexity index is 560. The normalized spacial score (nSPS) is 10.2. The van der Waals surface area contributed by atoms with Crippen molar-refractivity contribution in [2.24, 2.45) is 0 Å². The van der Waals surface area contributed by atoms with Crippen LogP contribution in [0.1, 0.15) is 10.6 Å². The van der Waals surface area contributed by atoms with Gasteiger partial charge in [-0.2, -0.15) is 0 Å². The second-order valence-electron chi connectivity index (χ2n) is 3.32. The third-order valence-corrected chi connectivity index (χ3v) is 2.28. The van der Waals surface area contributed by atoms with Crippen LogP contribution in [0.15, 0.2) is 28.7 Å². The lowest BCUT2D eigenvalue weighted by Crippen LogP contribution is -1.89. The molecule has 2 rings (SSSR count). The van der Waals surface area contributed by atoms with Crippen LogP contribution in [0.5, 0.6) is 11.5 Å². The van der Waals surface area contributed by atoms with Gasteiger partial charge in [0.25, 0.3) is 0 Å². The summed E-state index contributed by atoms with van der Waals surface area (Å²) in [7, 11) is 1.37. The van der Waals surface area contributed by atoms with Crippen LogP contribution in [-0.2, 0) is 0 Å². The lowest BCUT2D eigenvalue weighted by molar-refractivity contribution is 0.110. The summed E-state index contributed by atoms with van der Waals surface area (Å²) in [6.07, 6.45) is 0.555. The van der Waals surface area contributed by atoms with Crippen LogP contribution < -0.4 is 4.74 Å². The number of phenolic OH excluding ortho intramolecular Hbond substituents is 1. The maximum atomic E-state index is 13.1. The molecule has 1 heterocycles. The number of aromatic hydroxyl groups is 1. The summed E-state index contributed by atoms with van der Waals surface area (Å²) in [5.41, 5.74) is 0.375. The summed E-state index contributed by atoms with van der Waals surface area (Å²) >= 11 is 0. The van der Waals surface area contributed by atoms with Gasteiger partial charge in [0.05, 0.1) is 12.7 Å². The van der Waals surface area contributed by atoms with E-state index in [0.717, 1.165) is 6.07 Å². The number of halogens is 1. The molecule has 0 bridgehead atoms. The number of ether oxygens (including phenoxy) is 1. The van der Waals surface area contributed by atoms with Crippen molar-refractivity contribution in [1.82, 2.24) is 0 Å². The zero-order chi connectivity index (χ0) is 12.4. The van der Waals surface area contributed by atoms with Crippen LogP contribution in [0, 0.1) is 5.82 Å². The van der Waals surface area contributed by atoms with Gasteiger partial charge in [-0.25, -0.2) is 4.39 Å². The number of benzene rings is 1. The van der Waals surface area contributed by atoms with Gasteiger partial charge in [0, 0.05) is 6.07 Å². The van der Waals surface area contributed by atoms with Gasteiger partial charge >= 0.3 is 0 Å². The van der Waals surface area contributed by atoms with Gasteiger partial charge in [-0.15, -0.1) is 0 Å². The first-order chi connectivity index (χ1) is 8.15. The first kappa shape index (κ1) is 11.2. The molecule has 0 radical (unpaired) electrons. The zero-order valence-corrected chi connectivity index (χ0v) is 8.94. The van der Waals surface area contributed by atoms with Crippen molar-refractivity contribution in [3.05, 3.63) is 35.8 Å². The van der Waals surface area contributed by atoms with Crippen LogP contribution in [0.25, 0.3) is 11.3 Å². The summed E-state index contributed by atoms with van der Waals surface area (Å²) in [6, 6.07) is 5.25. The second kappa shape index (κ2) is 4.29. The van der Waals surface area contributed by atoms with Crippen molar-refractivity contribution in [2.75, 3.05) is 7.11 Å². The van der Waals surface area contributed by atoms with Gasteiger partial charge in [-0.3, -0.25) is 4.79 Å². The third-order valence-electron chi connectivity index (χ3n) is 2.28. The molecule has 2 aromatic rings. The fourth-order valence-corrected chi connectivity index (χ4v) is 1.47. The Morgan fingerprint density at radius 3 is 2.76 bits per heavy atom. The number of carbonyl (C=O) groups is 1. The molecule has 0 aliphatic rings. The predicted octanol–water partition coefficient (Wildman–Crippen LogP) is 2.61. The van der Waals surface area contributed by atoms with Gasteiger partial charge in [0.1, 0.15) is 11.5 Å². The molecule has 0 saturated carbocycles. The zero-order valence-electron chi connectivity index (χ0n) is 8.94. The molecule has 1 aromatic heterocycles. The molecular formula is C12H9FO4. The van der Waals surface area contributed by atoms with E-state index >= 15 is 0 Å². The molecule has 88 valence electrons. The first-order valence-electron chi connectivity index (χ1n) is 4.77. The molecule has 0 aliphatic heterocycles. The van der Waals surface area contributed by atoms with Gasteiger partial charge < -0.3 is 14.3 Å². The molecule has 0 amide bonds. The monoisotopic (exact) mass is 236 g/mol. The molecule has 0 saturated heterocycles. The number of aldehydes is 1. The highest BCUT2D eigenvalue weighted by molar-refractivity contribution is 5.74. The van der Waals surface area contributed by atoms with E-state index in [9.17, 15) is 14.3 Å². The van der Waals surface area contributed by atoms with Gasteiger partial charge in [-0.05, 0) is 18.2 Å². The number of hydrogen-bond acceptors (Lipinski definition) is 4. The Morgan fingerprint density at radius 1 is 1.41 bits per heavy atom. The van der Waals surface area contributed by atoms with Crippen molar-refractivity contribution >= 4 is 6.29 Å². The first-order valence-corrected chi connectivity index (χ1v) is 4.77. The Morgan fingerprint density at radius 2 is 2.18 bits per heavy atom. The minimum atomic E-state index is -0.784. The van der Waals surface area contributed by atoms with Crippen molar-refractivity contribution in [2.45, 2.75) is 0 Å². The van der Waals surface area contributed by atoms with E-state index in [0.29, 0.717) is 17.6 Å². The van der Waals surface area contributed by atoms with Crippen LogP contribution in [-0.4, -0.2) is 18.5 Å². The molecule has 1 aromatic carbocycles. The maximum absolute atomic E-state index is 13.1. The summed E-state index contributed by atoms with van der Waals surface area (Å²) < 4.78 is 23.3. The molecule has 0 atom stereocenters. The van der Waals surface area contributed by atoms with Crippen molar-refractivity contribution in [1.29, 1.82) is 0 Å². The second-order valence-corrected chi connectivity index (χ2v) is 3.32. The molecule has 5 heteroatoms. The van der Waals surface area contributed by atoms with E-state index in [-0.39, 0.29) is 11.5 Å². The fourth-order valence-electron chi connectivity index (χ4n) is 1.47. The molecule has 0 fully saturated rings. The van der Waals surface area contributed by atoms with Crippen molar-refractivity contribution in [3.8, 4) is 22.8 Å². The Kier molecular flexibility index (Phi) is 2.82. The lowest BCUT2D eigenvalue weighted by Gasteiger charge is -2.07. The number of carbonyl (C=O) groups excluding carboxylic acids is 1. The van der Waals surface area contributed by atoms with Gasteiger partial charge in [0.2, 0.25) is 0 Å². The van der Waals surface area contributed by atoms with E-state index in [1.165, 1.54) is 19.2 Å². The minimum absolute atomic E-state index is 0.144. The smallest absolute Gasteiger partial charge is 0.185 e. The SMILES string of the molecule is COc1cc(F)c(O)cc1-c1ccc(C=O)o1. The number of phenols is 1. The topological polar surface area (TPSA) is 59.7 Å². The van der Waals surface area contributed by atoms with E-state index in [4.69, 9.17) is 9.15 Å². The molecule has 0 aliphatic carbocycles. The Hall–Kier alpha value is -2.30. The lowest BCUT2D eigenvalue weighted by atomic mass is 10.1. The number of methoxy groups -OCH3 is 1. The minimum Gasteiger partial charge on any atom is -0.505 e. The summed E-state index contributed by atoms with van der Waals surface area (Å²) in [4.78, 5) is 10.5. The highest BCUT2D eigenvalue weighted by Gasteiger charge is 2.14.